The smallest absolute Gasteiger partial charge is 0.183 e. The quantitative estimate of drug-likeness (QED) is 0.627. The summed E-state index contributed by atoms with van der Waals surface area (Å²) >= 11 is 0. The normalized spacial score (nSPS) is 28.9. The van der Waals surface area contributed by atoms with Crippen LogP contribution in [0.1, 0.15) is 6.42 Å². The lowest BCUT2D eigenvalue weighted by atomic mass is 10.2. The van der Waals surface area contributed by atoms with Gasteiger partial charge < -0.3 is 25.2 Å². The number of rotatable bonds is 2. The highest BCUT2D eigenvalue weighted by Crippen LogP contribution is 2.36. The second-order valence-corrected chi connectivity index (χ2v) is 4.90. The fourth-order valence-corrected chi connectivity index (χ4v) is 2.70. The number of imidazole rings is 1. The molecule has 0 aliphatic carbocycles. The van der Waals surface area contributed by atoms with Crippen LogP contribution in [-0.4, -0.2) is 61.7 Å². The topological polar surface area (TPSA) is 108 Å². The van der Waals surface area contributed by atoms with Gasteiger partial charge in [-0.15, -0.1) is 5.10 Å². The van der Waals surface area contributed by atoms with Gasteiger partial charge >= 0.3 is 0 Å². The molecule has 0 saturated carbocycles. The maximum Gasteiger partial charge on any atom is 0.183 e. The molecule has 0 bridgehead atoms. The van der Waals surface area contributed by atoms with Crippen molar-refractivity contribution in [1.29, 1.82) is 0 Å². The van der Waals surface area contributed by atoms with Gasteiger partial charge in [0.15, 0.2) is 11.5 Å². The van der Waals surface area contributed by atoms with E-state index >= 15 is 0 Å². The van der Waals surface area contributed by atoms with E-state index in [1.807, 2.05) is 4.90 Å². The molecule has 9 heteroatoms. The number of hydrogen-bond acceptors (Lipinski definition) is 8. The van der Waals surface area contributed by atoms with Gasteiger partial charge in [-0.3, -0.25) is 0 Å². The SMILES string of the molecule is OC[C@H]1O[C@@H](N2CNc3c2nnn2ccnc32)C[C@@H]1O. The molecule has 1 saturated heterocycles. The van der Waals surface area contributed by atoms with E-state index in [-0.39, 0.29) is 12.8 Å². The fraction of sp³-hybridized carbons (Fsp3) is 0.545. The Bertz CT molecular complexity index is 646. The van der Waals surface area contributed by atoms with Crippen molar-refractivity contribution in [1.82, 2.24) is 19.8 Å². The van der Waals surface area contributed by atoms with Crippen molar-refractivity contribution < 1.29 is 14.9 Å². The lowest BCUT2D eigenvalue weighted by molar-refractivity contribution is -0.0218. The van der Waals surface area contributed by atoms with Crippen LogP contribution < -0.4 is 10.2 Å². The van der Waals surface area contributed by atoms with Crippen LogP contribution in [0.3, 0.4) is 0 Å². The molecule has 106 valence electrons. The molecular weight excluding hydrogens is 264 g/mol. The summed E-state index contributed by atoms with van der Waals surface area (Å²) in [5, 5.41) is 30.4. The largest absolute Gasteiger partial charge is 0.394 e. The molecule has 4 rings (SSSR count). The Kier molecular flexibility index (Phi) is 2.52. The molecule has 0 radical (unpaired) electrons. The van der Waals surface area contributed by atoms with Gasteiger partial charge in [-0.1, -0.05) is 5.21 Å². The highest BCUT2D eigenvalue weighted by Gasteiger charge is 2.40. The molecule has 3 atom stereocenters. The Morgan fingerprint density at radius 3 is 3.20 bits per heavy atom. The molecule has 0 amide bonds. The van der Waals surface area contributed by atoms with Crippen molar-refractivity contribution in [3.63, 3.8) is 0 Å². The van der Waals surface area contributed by atoms with Crippen LogP contribution in [0.25, 0.3) is 5.65 Å². The van der Waals surface area contributed by atoms with Gasteiger partial charge in [0.2, 0.25) is 0 Å². The zero-order valence-electron chi connectivity index (χ0n) is 10.5. The summed E-state index contributed by atoms with van der Waals surface area (Å²) in [5.74, 6) is 0.652. The first kappa shape index (κ1) is 11.8. The second kappa shape index (κ2) is 4.27. The lowest BCUT2D eigenvalue weighted by Gasteiger charge is -2.23. The Hall–Kier alpha value is -1.97. The minimum Gasteiger partial charge on any atom is -0.394 e. The van der Waals surface area contributed by atoms with Gasteiger partial charge in [0.05, 0.1) is 25.6 Å². The van der Waals surface area contributed by atoms with Gasteiger partial charge in [0, 0.05) is 12.6 Å². The third kappa shape index (κ3) is 1.57. The van der Waals surface area contributed by atoms with Crippen LogP contribution in [0.15, 0.2) is 12.4 Å². The van der Waals surface area contributed by atoms with Crippen molar-refractivity contribution in [2.75, 3.05) is 23.5 Å². The Labute approximate surface area is 113 Å². The third-order valence-electron chi connectivity index (χ3n) is 3.73. The minimum atomic E-state index is -0.669. The van der Waals surface area contributed by atoms with Crippen LogP contribution >= 0.6 is 0 Å². The molecule has 3 N–H and O–H groups in total. The zero-order valence-corrected chi connectivity index (χ0v) is 10.5. The molecule has 2 aromatic rings. The van der Waals surface area contributed by atoms with Crippen molar-refractivity contribution in [2.24, 2.45) is 0 Å². The maximum absolute atomic E-state index is 9.82. The molecule has 0 spiro atoms. The number of nitrogens with one attached hydrogen (secondary N) is 1. The van der Waals surface area contributed by atoms with Crippen LogP contribution in [0, 0.1) is 0 Å². The number of aliphatic hydroxyl groups excluding tert-OH is 2. The monoisotopic (exact) mass is 278 g/mol. The molecular formula is C11H14N6O3. The van der Waals surface area contributed by atoms with E-state index in [1.54, 1.807) is 16.9 Å². The summed E-state index contributed by atoms with van der Waals surface area (Å²) in [7, 11) is 0. The number of fused-ring (bicyclic) bond motifs is 3. The highest BCUT2D eigenvalue weighted by atomic mass is 16.5. The molecule has 1 fully saturated rings. The third-order valence-corrected chi connectivity index (χ3v) is 3.73. The average molecular weight is 278 g/mol. The molecule has 0 unspecified atom stereocenters. The van der Waals surface area contributed by atoms with Crippen molar-refractivity contribution in [3.05, 3.63) is 12.4 Å². The van der Waals surface area contributed by atoms with E-state index in [0.717, 1.165) is 5.69 Å². The fourth-order valence-electron chi connectivity index (χ4n) is 2.70. The van der Waals surface area contributed by atoms with E-state index in [2.05, 4.69) is 20.6 Å². The number of nitrogens with zero attached hydrogens (tertiary/aromatic N) is 5. The molecule has 4 heterocycles. The van der Waals surface area contributed by atoms with Crippen LogP contribution in [0.2, 0.25) is 0 Å². The summed E-state index contributed by atoms with van der Waals surface area (Å²) in [6.07, 6.45) is 2.26. The predicted molar refractivity (Wildman–Crippen MR) is 68.1 cm³/mol. The summed E-state index contributed by atoms with van der Waals surface area (Å²) in [4.78, 5) is 6.12. The first-order chi connectivity index (χ1) is 9.78. The van der Waals surface area contributed by atoms with E-state index < -0.39 is 12.2 Å². The number of aliphatic hydroxyl groups is 2. The first-order valence-electron chi connectivity index (χ1n) is 6.43. The van der Waals surface area contributed by atoms with Crippen molar-refractivity contribution in [2.45, 2.75) is 24.9 Å². The molecule has 2 aliphatic heterocycles. The predicted octanol–water partition coefficient (Wildman–Crippen LogP) is -1.22. The molecule has 2 aromatic heterocycles. The van der Waals surface area contributed by atoms with Crippen LogP contribution in [-0.2, 0) is 4.74 Å². The summed E-state index contributed by atoms with van der Waals surface area (Å²) in [6, 6.07) is 0. The molecule has 20 heavy (non-hydrogen) atoms. The first-order valence-corrected chi connectivity index (χ1v) is 6.43. The van der Waals surface area contributed by atoms with Gasteiger partial charge in [0.1, 0.15) is 18.0 Å². The summed E-state index contributed by atoms with van der Waals surface area (Å²) in [5.41, 5.74) is 1.50. The standard InChI is InChI=1S/C11H14N6O3/c18-4-7-6(19)3-8(20-7)16-5-13-9-10-12-1-2-17(10)15-14-11(9)16/h1-2,6-8,13,18-19H,3-5H2/t6-,7+,8+/m0/s1. The number of anilines is 2. The van der Waals surface area contributed by atoms with E-state index in [4.69, 9.17) is 9.84 Å². The Morgan fingerprint density at radius 2 is 2.40 bits per heavy atom. The highest BCUT2D eigenvalue weighted by molar-refractivity contribution is 5.82. The Morgan fingerprint density at radius 1 is 1.50 bits per heavy atom. The maximum atomic E-state index is 9.82. The Balaban J connectivity index is 1.68. The average Bonchev–Trinajstić information content (AvgIpc) is 3.13. The van der Waals surface area contributed by atoms with E-state index in [9.17, 15) is 5.11 Å². The molecule has 0 aromatic carbocycles. The summed E-state index contributed by atoms with van der Waals surface area (Å²) < 4.78 is 7.24. The van der Waals surface area contributed by atoms with E-state index in [0.29, 0.717) is 24.6 Å². The van der Waals surface area contributed by atoms with Crippen molar-refractivity contribution >= 4 is 17.2 Å². The minimum absolute atomic E-state index is 0.198. The van der Waals surface area contributed by atoms with Crippen LogP contribution in [0.5, 0.6) is 0 Å². The summed E-state index contributed by atoms with van der Waals surface area (Å²) in [6.45, 7) is 0.308. The van der Waals surface area contributed by atoms with E-state index in [1.165, 1.54) is 0 Å². The van der Waals surface area contributed by atoms with Gasteiger partial charge in [0.25, 0.3) is 0 Å². The number of aromatic nitrogens is 4. The van der Waals surface area contributed by atoms with Crippen molar-refractivity contribution in [3.8, 4) is 0 Å². The molecule has 9 nitrogen and oxygen atoms in total. The zero-order chi connectivity index (χ0) is 13.7. The molecule has 2 aliphatic rings. The number of hydrogen-bond donors (Lipinski definition) is 3. The second-order valence-electron chi connectivity index (χ2n) is 4.90. The number of ether oxygens (including phenoxy) is 1. The lowest BCUT2D eigenvalue weighted by Crippen LogP contribution is -2.36. The van der Waals surface area contributed by atoms with Crippen LogP contribution in [0.4, 0.5) is 11.5 Å². The van der Waals surface area contributed by atoms with Gasteiger partial charge in [-0.05, 0) is 0 Å². The van der Waals surface area contributed by atoms with Gasteiger partial charge in [-0.25, -0.2) is 9.50 Å². The van der Waals surface area contributed by atoms with Gasteiger partial charge in [-0.2, -0.15) is 0 Å².